The fraction of sp³-hybridized carbons (Fsp3) is 0.650. The standard InChI is InChI=1S/C20H32N2O8S2/c21-32(28,29)14-5-3-13(4-6-14)7-9-22-17(24)8-11-31-10-1-2-15-18(25)20(27)19(26)16(12-23)30-15/h3-6,15-16,18-20,23,25-27H,1-2,7-12H2,(H,22,24)(H2,21,28,29)/t15-,16+,18-,19-,20+/m0/s1. The van der Waals surface area contributed by atoms with Crippen LogP contribution in [0.4, 0.5) is 0 Å². The third-order valence-corrected chi connectivity index (χ3v) is 7.23. The Kier molecular flexibility index (Phi) is 10.8. The van der Waals surface area contributed by atoms with E-state index in [0.717, 1.165) is 11.3 Å². The highest BCUT2D eigenvalue weighted by atomic mass is 32.2. The molecule has 1 saturated heterocycles. The zero-order chi connectivity index (χ0) is 23.7. The minimum Gasteiger partial charge on any atom is -0.394 e. The number of thioether (sulfide) groups is 1. The Morgan fingerprint density at radius 3 is 2.34 bits per heavy atom. The SMILES string of the molecule is NS(=O)(=O)c1ccc(CCNC(=O)CCSCCC[C@@H]2O[C@H](CO)[C@H](O)[C@H](O)[C@H]2O)cc1. The molecule has 10 nitrogen and oxygen atoms in total. The molecule has 1 amide bonds. The second-order valence-corrected chi connectivity index (χ2v) is 10.4. The zero-order valence-corrected chi connectivity index (χ0v) is 19.3. The predicted molar refractivity (Wildman–Crippen MR) is 119 cm³/mol. The summed E-state index contributed by atoms with van der Waals surface area (Å²) in [6.07, 6.45) is -3.38. The summed E-state index contributed by atoms with van der Waals surface area (Å²) in [5.41, 5.74) is 0.889. The largest absolute Gasteiger partial charge is 0.394 e. The maximum Gasteiger partial charge on any atom is 0.238 e. The van der Waals surface area contributed by atoms with Gasteiger partial charge in [-0.15, -0.1) is 0 Å². The number of nitrogens with two attached hydrogens (primary N) is 1. The number of aliphatic hydroxyl groups excluding tert-OH is 4. The molecule has 1 aromatic carbocycles. The number of primary sulfonamides is 1. The van der Waals surface area contributed by atoms with Crippen LogP contribution in [0.15, 0.2) is 29.2 Å². The molecule has 1 aliphatic rings. The summed E-state index contributed by atoms with van der Waals surface area (Å²) in [6.45, 7) is 0.00154. The van der Waals surface area contributed by atoms with E-state index in [1.165, 1.54) is 12.1 Å². The van der Waals surface area contributed by atoms with Crippen LogP contribution < -0.4 is 10.5 Å². The smallest absolute Gasteiger partial charge is 0.238 e. The topological polar surface area (TPSA) is 179 Å². The molecule has 2 rings (SSSR count). The summed E-state index contributed by atoms with van der Waals surface area (Å²) < 4.78 is 27.9. The predicted octanol–water partition coefficient (Wildman–Crippen LogP) is -1.26. The van der Waals surface area contributed by atoms with Crippen molar-refractivity contribution in [2.75, 3.05) is 24.7 Å². The van der Waals surface area contributed by atoms with Crippen LogP contribution in [0.25, 0.3) is 0 Å². The molecule has 1 aliphatic heterocycles. The lowest BCUT2D eigenvalue weighted by Gasteiger charge is -2.40. The lowest BCUT2D eigenvalue weighted by Crippen LogP contribution is -2.58. The average Bonchev–Trinajstić information content (AvgIpc) is 2.75. The van der Waals surface area contributed by atoms with Crippen molar-refractivity contribution in [3.05, 3.63) is 29.8 Å². The van der Waals surface area contributed by atoms with Gasteiger partial charge in [-0.05, 0) is 42.7 Å². The minimum absolute atomic E-state index is 0.0499. The number of ether oxygens (including phenoxy) is 1. The fourth-order valence-corrected chi connectivity index (χ4v) is 4.77. The molecule has 0 spiro atoms. The third-order valence-electron chi connectivity index (χ3n) is 5.23. The van der Waals surface area contributed by atoms with Crippen molar-refractivity contribution >= 4 is 27.7 Å². The minimum atomic E-state index is -3.71. The number of nitrogens with one attached hydrogen (secondary N) is 1. The Hall–Kier alpha value is -1.25. The van der Waals surface area contributed by atoms with Crippen molar-refractivity contribution in [3.8, 4) is 0 Å². The van der Waals surface area contributed by atoms with Gasteiger partial charge in [-0.2, -0.15) is 11.8 Å². The molecule has 7 N–H and O–H groups in total. The number of hydrogen-bond acceptors (Lipinski definition) is 9. The van der Waals surface area contributed by atoms with Crippen LogP contribution >= 0.6 is 11.8 Å². The van der Waals surface area contributed by atoms with Crippen LogP contribution in [0.1, 0.15) is 24.8 Å². The summed E-state index contributed by atoms with van der Waals surface area (Å²) in [5.74, 6) is 1.29. The first-order chi connectivity index (χ1) is 15.1. The van der Waals surface area contributed by atoms with E-state index in [-0.39, 0.29) is 10.8 Å². The van der Waals surface area contributed by atoms with Crippen molar-refractivity contribution in [3.63, 3.8) is 0 Å². The van der Waals surface area contributed by atoms with Gasteiger partial charge in [0, 0.05) is 18.7 Å². The third kappa shape index (κ3) is 8.27. The molecule has 0 aromatic heterocycles. The molecule has 32 heavy (non-hydrogen) atoms. The Morgan fingerprint density at radius 1 is 1.06 bits per heavy atom. The van der Waals surface area contributed by atoms with E-state index in [1.807, 2.05) is 0 Å². The molecule has 12 heteroatoms. The Morgan fingerprint density at radius 2 is 1.72 bits per heavy atom. The van der Waals surface area contributed by atoms with Gasteiger partial charge in [0.1, 0.15) is 24.4 Å². The van der Waals surface area contributed by atoms with Crippen LogP contribution in [0.3, 0.4) is 0 Å². The first-order valence-electron chi connectivity index (χ1n) is 10.4. The van der Waals surface area contributed by atoms with Crippen LogP contribution in [-0.2, 0) is 26.0 Å². The molecule has 0 saturated carbocycles. The van der Waals surface area contributed by atoms with Gasteiger partial charge in [-0.1, -0.05) is 12.1 Å². The van der Waals surface area contributed by atoms with Gasteiger partial charge in [0.05, 0.1) is 17.6 Å². The summed E-state index contributed by atoms with van der Waals surface area (Å²) in [5, 5.41) is 46.6. The molecule has 0 unspecified atom stereocenters. The fourth-order valence-electron chi connectivity index (χ4n) is 3.35. The van der Waals surface area contributed by atoms with Crippen LogP contribution in [0.2, 0.25) is 0 Å². The quantitative estimate of drug-likeness (QED) is 0.194. The summed E-state index contributed by atoms with van der Waals surface area (Å²) >= 11 is 1.58. The van der Waals surface area contributed by atoms with Crippen LogP contribution in [0, 0.1) is 0 Å². The maximum absolute atomic E-state index is 11.9. The molecule has 1 aromatic rings. The van der Waals surface area contributed by atoms with Gasteiger partial charge in [-0.3, -0.25) is 4.79 Å². The molecule has 0 radical (unpaired) electrons. The van der Waals surface area contributed by atoms with E-state index >= 15 is 0 Å². The van der Waals surface area contributed by atoms with E-state index in [1.54, 1.807) is 23.9 Å². The van der Waals surface area contributed by atoms with Crippen molar-refractivity contribution < 1.29 is 38.4 Å². The van der Waals surface area contributed by atoms with Gasteiger partial charge < -0.3 is 30.5 Å². The summed E-state index contributed by atoms with van der Waals surface area (Å²) in [7, 11) is -3.71. The van der Waals surface area contributed by atoms with Gasteiger partial charge in [0.15, 0.2) is 0 Å². The second-order valence-electron chi connectivity index (χ2n) is 7.66. The summed E-state index contributed by atoms with van der Waals surface area (Å²) in [6, 6.07) is 6.20. The van der Waals surface area contributed by atoms with Crippen molar-refractivity contribution in [2.24, 2.45) is 5.14 Å². The maximum atomic E-state index is 11.9. The summed E-state index contributed by atoms with van der Waals surface area (Å²) in [4.78, 5) is 12.0. The molecule has 182 valence electrons. The highest BCUT2D eigenvalue weighted by Crippen LogP contribution is 2.24. The van der Waals surface area contributed by atoms with Gasteiger partial charge in [0.25, 0.3) is 0 Å². The van der Waals surface area contributed by atoms with Crippen molar-refractivity contribution in [1.82, 2.24) is 5.32 Å². The van der Waals surface area contributed by atoms with E-state index in [0.29, 0.717) is 38.0 Å². The number of amides is 1. The van der Waals surface area contributed by atoms with Crippen LogP contribution in [0.5, 0.6) is 0 Å². The Balaban J connectivity index is 1.56. The van der Waals surface area contributed by atoms with E-state index in [9.17, 15) is 33.6 Å². The lowest BCUT2D eigenvalue weighted by atomic mass is 9.93. The van der Waals surface area contributed by atoms with E-state index in [2.05, 4.69) is 5.32 Å². The van der Waals surface area contributed by atoms with Gasteiger partial charge >= 0.3 is 0 Å². The number of carbonyl (C=O) groups excluding carboxylic acids is 1. The molecule has 1 heterocycles. The van der Waals surface area contributed by atoms with Gasteiger partial charge in [0.2, 0.25) is 15.9 Å². The molecule has 0 bridgehead atoms. The molecule has 1 fully saturated rings. The van der Waals surface area contributed by atoms with Gasteiger partial charge in [-0.25, -0.2) is 13.6 Å². The second kappa shape index (κ2) is 12.8. The highest BCUT2D eigenvalue weighted by Gasteiger charge is 2.42. The highest BCUT2D eigenvalue weighted by molar-refractivity contribution is 7.99. The monoisotopic (exact) mass is 492 g/mol. The Bertz CT molecular complexity index is 819. The van der Waals surface area contributed by atoms with Crippen molar-refractivity contribution in [1.29, 1.82) is 0 Å². The first-order valence-corrected chi connectivity index (χ1v) is 13.1. The Labute approximate surface area is 192 Å². The lowest BCUT2D eigenvalue weighted by molar-refractivity contribution is -0.230. The molecular formula is C20H32N2O8S2. The zero-order valence-electron chi connectivity index (χ0n) is 17.7. The number of rotatable bonds is 12. The van der Waals surface area contributed by atoms with Crippen LogP contribution in [-0.4, -0.2) is 89.9 Å². The van der Waals surface area contributed by atoms with E-state index in [4.69, 9.17) is 9.88 Å². The molecule has 5 atom stereocenters. The molecule has 0 aliphatic carbocycles. The number of sulfonamides is 1. The number of hydrogen-bond donors (Lipinski definition) is 6. The first kappa shape index (κ1) is 27.0. The normalized spacial score (nSPS) is 26.1. The average molecular weight is 493 g/mol. The van der Waals surface area contributed by atoms with Crippen molar-refractivity contribution in [2.45, 2.75) is 61.1 Å². The number of carbonyl (C=O) groups is 1. The number of aliphatic hydroxyl groups is 4. The molecular weight excluding hydrogens is 460 g/mol. The van der Waals surface area contributed by atoms with E-state index < -0.39 is 47.2 Å². The number of benzene rings is 1.